The van der Waals surface area contributed by atoms with Gasteiger partial charge in [-0.05, 0) is 35.4 Å². The molecule has 3 N–H and O–H groups in total. The number of carboxylic acids is 1. The smallest absolute Gasteiger partial charge is 0.328 e. The fraction of sp³-hybridized carbons (Fsp3) is 0. The average molecular weight is 324 g/mol. The van der Waals surface area contributed by atoms with Crippen molar-refractivity contribution >= 4 is 23.9 Å². The molecule has 1 heterocycles. The molecule has 0 aromatic heterocycles. The molecule has 0 spiro atoms. The van der Waals surface area contributed by atoms with Gasteiger partial charge in [0.05, 0.1) is 5.56 Å². The molecule has 2 aromatic carbocycles. The number of fused-ring (bicyclic) bond motifs is 1. The van der Waals surface area contributed by atoms with Crippen molar-refractivity contribution in [2.75, 3.05) is 0 Å². The number of phenolic OH excluding ortho intramolecular Hbond substituents is 2. The summed E-state index contributed by atoms with van der Waals surface area (Å²) in [6.45, 7) is 0. The van der Waals surface area contributed by atoms with Crippen LogP contribution in [0.4, 0.5) is 0 Å². The van der Waals surface area contributed by atoms with Gasteiger partial charge in [-0.25, -0.2) is 4.79 Å². The van der Waals surface area contributed by atoms with Crippen LogP contribution in [0.3, 0.4) is 0 Å². The van der Waals surface area contributed by atoms with Gasteiger partial charge in [0.2, 0.25) is 11.5 Å². The van der Waals surface area contributed by atoms with E-state index in [1.807, 2.05) is 0 Å². The van der Waals surface area contributed by atoms with Crippen molar-refractivity contribution in [2.24, 2.45) is 0 Å². The number of phenols is 2. The number of allylic oxidation sites excluding steroid dienone is 1. The number of ether oxygens (including phenoxy) is 1. The quantitative estimate of drug-likeness (QED) is 0.592. The van der Waals surface area contributed by atoms with Crippen LogP contribution in [-0.4, -0.2) is 27.1 Å². The molecule has 0 atom stereocenters. The summed E-state index contributed by atoms with van der Waals surface area (Å²) in [6, 6.07) is 9.40. The number of ketones is 1. The molecule has 0 bridgehead atoms. The van der Waals surface area contributed by atoms with Crippen molar-refractivity contribution in [3.8, 4) is 17.2 Å². The van der Waals surface area contributed by atoms with Crippen LogP contribution in [-0.2, 0) is 4.79 Å². The fourth-order valence-electron chi connectivity index (χ4n) is 2.25. The minimum Gasteiger partial charge on any atom is -0.504 e. The molecule has 6 nitrogen and oxygen atoms in total. The number of hydrogen-bond acceptors (Lipinski definition) is 5. The Hall–Kier alpha value is -3.54. The molecule has 24 heavy (non-hydrogen) atoms. The maximum atomic E-state index is 12.2. The van der Waals surface area contributed by atoms with Crippen molar-refractivity contribution in [3.05, 3.63) is 64.9 Å². The number of Topliss-reactive ketones (excluding diaryl/α,β-unsaturated/α-hetero) is 1. The number of aliphatic carboxylic acids is 1. The van der Waals surface area contributed by atoms with Crippen LogP contribution in [0.25, 0.3) is 12.2 Å². The Kier molecular flexibility index (Phi) is 3.79. The predicted octanol–water partition coefficient (Wildman–Crippen LogP) is 2.81. The van der Waals surface area contributed by atoms with E-state index in [0.717, 1.165) is 6.08 Å². The second-order valence-corrected chi connectivity index (χ2v) is 5.09. The number of carbonyl (C=O) groups excluding carboxylic acids is 1. The molecule has 1 aliphatic heterocycles. The van der Waals surface area contributed by atoms with Crippen molar-refractivity contribution in [1.29, 1.82) is 0 Å². The highest BCUT2D eigenvalue weighted by molar-refractivity contribution is 6.15. The van der Waals surface area contributed by atoms with Gasteiger partial charge in [-0.3, -0.25) is 4.79 Å². The van der Waals surface area contributed by atoms with Crippen molar-refractivity contribution in [2.45, 2.75) is 0 Å². The normalized spacial score (nSPS) is 14.8. The first-order chi connectivity index (χ1) is 11.5. The molecule has 6 heteroatoms. The lowest BCUT2D eigenvalue weighted by Gasteiger charge is -2.02. The molecule has 3 rings (SSSR count). The van der Waals surface area contributed by atoms with E-state index in [2.05, 4.69) is 0 Å². The first-order valence-corrected chi connectivity index (χ1v) is 6.96. The van der Waals surface area contributed by atoms with Crippen LogP contribution in [0.5, 0.6) is 17.2 Å². The molecule has 0 aliphatic carbocycles. The molecule has 120 valence electrons. The third-order valence-electron chi connectivity index (χ3n) is 3.44. The summed E-state index contributed by atoms with van der Waals surface area (Å²) in [6.07, 6.45) is 3.99. The third kappa shape index (κ3) is 2.85. The standard InChI is InChI=1S/C18H12O6/c19-13-7-6-12-16(22)14(24-18(12)17(13)23)9-11-3-1-10(2-4-11)5-8-15(20)21/h1-9,19,23H,(H,20,21). The van der Waals surface area contributed by atoms with Gasteiger partial charge in [0, 0.05) is 6.08 Å². The van der Waals surface area contributed by atoms with Crippen molar-refractivity contribution < 1.29 is 29.6 Å². The molecule has 0 saturated heterocycles. The Morgan fingerprint density at radius 1 is 1.00 bits per heavy atom. The molecule has 0 radical (unpaired) electrons. The van der Waals surface area contributed by atoms with Crippen LogP contribution >= 0.6 is 0 Å². The lowest BCUT2D eigenvalue weighted by molar-refractivity contribution is -0.131. The Morgan fingerprint density at radius 2 is 1.67 bits per heavy atom. The van der Waals surface area contributed by atoms with E-state index in [4.69, 9.17) is 9.84 Å². The first-order valence-electron chi connectivity index (χ1n) is 6.96. The maximum Gasteiger partial charge on any atom is 0.328 e. The fourth-order valence-corrected chi connectivity index (χ4v) is 2.25. The van der Waals surface area contributed by atoms with E-state index in [1.165, 1.54) is 24.3 Å². The molecule has 0 amide bonds. The molecular weight excluding hydrogens is 312 g/mol. The van der Waals surface area contributed by atoms with Gasteiger partial charge in [0.25, 0.3) is 0 Å². The second-order valence-electron chi connectivity index (χ2n) is 5.09. The van der Waals surface area contributed by atoms with E-state index in [0.29, 0.717) is 11.1 Å². The van der Waals surface area contributed by atoms with E-state index < -0.39 is 17.5 Å². The number of carboxylic acid groups (broad SMARTS) is 1. The molecule has 0 unspecified atom stereocenters. The lowest BCUT2D eigenvalue weighted by atomic mass is 10.1. The maximum absolute atomic E-state index is 12.2. The van der Waals surface area contributed by atoms with Gasteiger partial charge in [-0.2, -0.15) is 0 Å². The monoisotopic (exact) mass is 324 g/mol. The minimum atomic E-state index is -1.04. The van der Waals surface area contributed by atoms with Crippen molar-refractivity contribution in [3.63, 3.8) is 0 Å². The summed E-state index contributed by atoms with van der Waals surface area (Å²) in [5, 5.41) is 27.8. The Balaban J connectivity index is 1.87. The van der Waals surface area contributed by atoms with Crippen LogP contribution in [0.2, 0.25) is 0 Å². The Bertz CT molecular complexity index is 890. The summed E-state index contributed by atoms with van der Waals surface area (Å²) in [7, 11) is 0. The summed E-state index contributed by atoms with van der Waals surface area (Å²) in [5.41, 5.74) is 1.55. The number of carbonyl (C=O) groups is 2. The van der Waals surface area contributed by atoms with E-state index in [9.17, 15) is 19.8 Å². The summed E-state index contributed by atoms with van der Waals surface area (Å²) in [5.74, 6) is -2.30. The first kappa shape index (κ1) is 15.4. The van der Waals surface area contributed by atoms with Gasteiger partial charge in [-0.1, -0.05) is 24.3 Å². The third-order valence-corrected chi connectivity index (χ3v) is 3.44. The van der Waals surface area contributed by atoms with Crippen LogP contribution in [0.1, 0.15) is 21.5 Å². The zero-order valence-corrected chi connectivity index (χ0v) is 12.3. The van der Waals surface area contributed by atoms with E-state index in [-0.39, 0.29) is 22.8 Å². The average Bonchev–Trinajstić information content (AvgIpc) is 2.87. The van der Waals surface area contributed by atoms with Crippen LogP contribution in [0, 0.1) is 0 Å². The summed E-state index contributed by atoms with van der Waals surface area (Å²) < 4.78 is 5.35. The largest absolute Gasteiger partial charge is 0.504 e. The number of rotatable bonds is 3. The van der Waals surface area contributed by atoms with Crippen molar-refractivity contribution in [1.82, 2.24) is 0 Å². The minimum absolute atomic E-state index is 0.0275. The SMILES string of the molecule is O=C(O)C=Cc1ccc(C=C2Oc3c(ccc(O)c3O)C2=O)cc1. The van der Waals surface area contributed by atoms with E-state index >= 15 is 0 Å². The molecule has 2 aromatic rings. The predicted molar refractivity (Wildman–Crippen MR) is 85.8 cm³/mol. The Labute approximate surface area is 136 Å². The highest BCUT2D eigenvalue weighted by Gasteiger charge is 2.31. The summed E-state index contributed by atoms with van der Waals surface area (Å²) >= 11 is 0. The summed E-state index contributed by atoms with van der Waals surface area (Å²) in [4.78, 5) is 22.7. The highest BCUT2D eigenvalue weighted by Crippen LogP contribution is 2.44. The molecular formula is C18H12O6. The van der Waals surface area contributed by atoms with Gasteiger partial charge >= 0.3 is 5.97 Å². The van der Waals surface area contributed by atoms with Crippen LogP contribution in [0.15, 0.2) is 48.2 Å². The topological polar surface area (TPSA) is 104 Å². The molecule has 0 fully saturated rings. The second kappa shape index (κ2) is 5.92. The van der Waals surface area contributed by atoms with Gasteiger partial charge in [0.15, 0.2) is 17.3 Å². The lowest BCUT2D eigenvalue weighted by Crippen LogP contribution is -1.97. The van der Waals surface area contributed by atoms with Crippen LogP contribution < -0.4 is 4.74 Å². The number of benzene rings is 2. The van der Waals surface area contributed by atoms with Gasteiger partial charge < -0.3 is 20.1 Å². The number of hydrogen-bond donors (Lipinski definition) is 3. The molecule has 0 saturated carbocycles. The highest BCUT2D eigenvalue weighted by atomic mass is 16.5. The molecule has 1 aliphatic rings. The van der Waals surface area contributed by atoms with E-state index in [1.54, 1.807) is 24.3 Å². The zero-order valence-electron chi connectivity index (χ0n) is 12.3. The van der Waals surface area contributed by atoms with Gasteiger partial charge in [-0.15, -0.1) is 0 Å². The number of aromatic hydroxyl groups is 2. The van der Waals surface area contributed by atoms with Gasteiger partial charge in [0.1, 0.15) is 0 Å². The Morgan fingerprint density at radius 3 is 2.33 bits per heavy atom. The zero-order chi connectivity index (χ0) is 17.3.